The van der Waals surface area contributed by atoms with Gasteiger partial charge < -0.3 is 15.7 Å². The van der Waals surface area contributed by atoms with Gasteiger partial charge in [0.05, 0.1) is 17.1 Å². The van der Waals surface area contributed by atoms with Crippen molar-refractivity contribution >= 4 is 22.5 Å². The first-order valence-electron chi connectivity index (χ1n) is 10.7. The first kappa shape index (κ1) is 21.3. The van der Waals surface area contributed by atoms with Gasteiger partial charge in [-0.25, -0.2) is 4.98 Å². The van der Waals surface area contributed by atoms with Gasteiger partial charge in [0.1, 0.15) is 5.69 Å². The minimum Gasteiger partial charge on any atom is -0.391 e. The Morgan fingerprint density at radius 1 is 1.23 bits per heavy atom. The van der Waals surface area contributed by atoms with Crippen LogP contribution in [0.2, 0.25) is 0 Å². The number of nitrogens with zero attached hydrogens (tertiary/aromatic N) is 4. The summed E-state index contributed by atoms with van der Waals surface area (Å²) in [5.41, 5.74) is 10.9. The number of rotatable bonds is 5. The summed E-state index contributed by atoms with van der Waals surface area (Å²) in [6, 6.07) is 7.16. The zero-order valence-electron chi connectivity index (χ0n) is 18.2. The van der Waals surface area contributed by atoms with E-state index in [0.29, 0.717) is 24.7 Å². The Labute approximate surface area is 182 Å². The van der Waals surface area contributed by atoms with Crippen molar-refractivity contribution in [1.29, 1.82) is 0 Å². The van der Waals surface area contributed by atoms with Gasteiger partial charge in [-0.05, 0) is 35.7 Å². The number of pyridine rings is 3. The molecule has 7 nitrogen and oxygen atoms in total. The molecule has 31 heavy (non-hydrogen) atoms. The Balaban J connectivity index is 1.59. The van der Waals surface area contributed by atoms with Crippen LogP contribution >= 0.6 is 0 Å². The van der Waals surface area contributed by atoms with Crippen molar-refractivity contribution in [3.63, 3.8) is 0 Å². The Kier molecular flexibility index (Phi) is 5.98. The van der Waals surface area contributed by atoms with Crippen molar-refractivity contribution in [2.24, 2.45) is 11.7 Å². The third-order valence-electron chi connectivity index (χ3n) is 6.04. The van der Waals surface area contributed by atoms with Crippen LogP contribution in [-0.4, -0.2) is 51.1 Å². The molecular weight excluding hydrogens is 390 g/mol. The van der Waals surface area contributed by atoms with Crippen LogP contribution in [0.3, 0.4) is 0 Å². The number of nitrogens with two attached hydrogens (primary N) is 1. The van der Waals surface area contributed by atoms with E-state index in [2.05, 4.69) is 33.7 Å². The van der Waals surface area contributed by atoms with Crippen molar-refractivity contribution in [2.45, 2.75) is 45.3 Å². The highest BCUT2D eigenvalue weighted by Crippen LogP contribution is 2.27. The van der Waals surface area contributed by atoms with Gasteiger partial charge in [-0.1, -0.05) is 20.8 Å². The van der Waals surface area contributed by atoms with Crippen LogP contribution in [0.5, 0.6) is 0 Å². The number of aliphatic hydroxyl groups is 1. The van der Waals surface area contributed by atoms with Crippen molar-refractivity contribution in [3.05, 3.63) is 59.7 Å². The van der Waals surface area contributed by atoms with Crippen LogP contribution in [0.15, 0.2) is 42.9 Å². The van der Waals surface area contributed by atoms with E-state index in [0.717, 1.165) is 27.8 Å². The van der Waals surface area contributed by atoms with Crippen molar-refractivity contribution < 1.29 is 9.90 Å². The molecule has 0 saturated carbocycles. The number of ketones is 1. The predicted molar refractivity (Wildman–Crippen MR) is 121 cm³/mol. The number of piperidine rings is 1. The quantitative estimate of drug-likeness (QED) is 0.613. The molecule has 3 aromatic heterocycles. The van der Waals surface area contributed by atoms with Crippen molar-refractivity contribution in [2.75, 3.05) is 18.0 Å². The highest BCUT2D eigenvalue weighted by Gasteiger charge is 2.31. The molecule has 0 aliphatic carbocycles. The van der Waals surface area contributed by atoms with Gasteiger partial charge in [0.2, 0.25) is 0 Å². The average molecular weight is 420 g/mol. The number of fused-ring (bicyclic) bond motifs is 1. The summed E-state index contributed by atoms with van der Waals surface area (Å²) in [6.45, 7) is 7.41. The van der Waals surface area contributed by atoms with E-state index in [1.165, 1.54) is 0 Å². The van der Waals surface area contributed by atoms with Crippen molar-refractivity contribution in [1.82, 2.24) is 15.0 Å². The molecule has 0 spiro atoms. The molecule has 1 aliphatic heterocycles. The van der Waals surface area contributed by atoms with Gasteiger partial charge in [0, 0.05) is 61.3 Å². The first-order chi connectivity index (χ1) is 14.8. The number of aliphatic hydroxyl groups excluding tert-OH is 1. The molecule has 1 aliphatic rings. The van der Waals surface area contributed by atoms with Gasteiger partial charge >= 0.3 is 0 Å². The maximum atomic E-state index is 13.1. The number of anilines is 1. The molecule has 1 saturated heterocycles. The zero-order chi connectivity index (χ0) is 22.1. The fourth-order valence-corrected chi connectivity index (χ4v) is 4.13. The normalized spacial score (nSPS) is 21.6. The van der Waals surface area contributed by atoms with Gasteiger partial charge in [-0.15, -0.1) is 0 Å². The third-order valence-corrected chi connectivity index (χ3v) is 6.04. The molecule has 1 fully saturated rings. The molecule has 162 valence electrons. The van der Waals surface area contributed by atoms with Crippen molar-refractivity contribution in [3.8, 4) is 0 Å². The number of Topliss-reactive ketones (excluding diaryl/α,β-unsaturated/α-hetero) is 1. The second-order valence-corrected chi connectivity index (χ2v) is 8.80. The molecule has 0 unspecified atom stereocenters. The number of aromatic nitrogens is 3. The zero-order valence-corrected chi connectivity index (χ0v) is 18.2. The molecule has 7 heteroatoms. The lowest BCUT2D eigenvalue weighted by atomic mass is 9.92. The Hall–Kier alpha value is -2.90. The van der Waals surface area contributed by atoms with Crippen LogP contribution in [0.25, 0.3) is 11.0 Å². The SMILES string of the molecule is CC(C)c1cnc2ccc(C(=O)Cc3cnccc3N3C[C@@H](N)[C@H](O)[C@@H](C)C3)nc2c1. The van der Waals surface area contributed by atoms with Gasteiger partial charge in [0.25, 0.3) is 0 Å². The fraction of sp³-hybridized carbons (Fsp3) is 0.417. The van der Waals surface area contributed by atoms with Crippen LogP contribution in [0.1, 0.15) is 48.3 Å². The number of carbonyl (C=O) groups is 1. The monoisotopic (exact) mass is 419 g/mol. The van der Waals surface area contributed by atoms with E-state index in [1.807, 2.05) is 31.3 Å². The molecule has 3 aromatic rings. The van der Waals surface area contributed by atoms with Crippen LogP contribution in [0.4, 0.5) is 5.69 Å². The van der Waals surface area contributed by atoms with E-state index in [-0.39, 0.29) is 24.2 Å². The summed E-state index contributed by atoms with van der Waals surface area (Å²) < 4.78 is 0. The number of hydrogen-bond acceptors (Lipinski definition) is 7. The van der Waals surface area contributed by atoms with Crippen LogP contribution in [-0.2, 0) is 6.42 Å². The summed E-state index contributed by atoms with van der Waals surface area (Å²) in [4.78, 5) is 28.5. The summed E-state index contributed by atoms with van der Waals surface area (Å²) >= 11 is 0. The van der Waals surface area contributed by atoms with Gasteiger partial charge in [0.15, 0.2) is 5.78 Å². The minimum atomic E-state index is -0.519. The summed E-state index contributed by atoms with van der Waals surface area (Å²) in [6.07, 6.45) is 4.99. The molecule has 4 rings (SSSR count). The summed E-state index contributed by atoms with van der Waals surface area (Å²) in [5.74, 6) is 0.318. The van der Waals surface area contributed by atoms with Gasteiger partial charge in [-0.2, -0.15) is 0 Å². The highest BCUT2D eigenvalue weighted by molar-refractivity contribution is 5.98. The smallest absolute Gasteiger partial charge is 0.185 e. The first-order valence-corrected chi connectivity index (χ1v) is 10.7. The van der Waals surface area contributed by atoms with E-state index in [1.54, 1.807) is 18.5 Å². The molecule has 4 heterocycles. The Morgan fingerprint density at radius 3 is 2.77 bits per heavy atom. The summed E-state index contributed by atoms with van der Waals surface area (Å²) in [7, 11) is 0. The van der Waals surface area contributed by atoms with E-state index < -0.39 is 6.10 Å². The van der Waals surface area contributed by atoms with Crippen LogP contribution in [0, 0.1) is 5.92 Å². The standard InChI is InChI=1S/C24H29N5O2/c1-14(2)16-8-21-19(27-11-16)4-5-20(28-21)23(30)9-17-10-26-7-6-22(17)29-12-15(3)24(31)18(25)13-29/h4-8,10-11,14-15,18,24,31H,9,12-13,25H2,1-3H3/t15-,18+,24+/m0/s1. The predicted octanol–water partition coefficient (Wildman–Crippen LogP) is 2.72. The average Bonchev–Trinajstić information content (AvgIpc) is 2.76. The third kappa shape index (κ3) is 4.43. The molecule has 3 atom stereocenters. The number of carbonyl (C=O) groups excluding carboxylic acids is 1. The lowest BCUT2D eigenvalue weighted by molar-refractivity contribution is 0.0784. The van der Waals surface area contributed by atoms with E-state index in [9.17, 15) is 9.90 Å². The fourth-order valence-electron chi connectivity index (χ4n) is 4.13. The topological polar surface area (TPSA) is 105 Å². The molecule has 0 aromatic carbocycles. The largest absolute Gasteiger partial charge is 0.391 e. The van der Waals surface area contributed by atoms with Gasteiger partial charge in [-0.3, -0.25) is 14.8 Å². The lowest BCUT2D eigenvalue weighted by Gasteiger charge is -2.40. The highest BCUT2D eigenvalue weighted by atomic mass is 16.3. The number of hydrogen-bond donors (Lipinski definition) is 2. The van der Waals surface area contributed by atoms with E-state index >= 15 is 0 Å². The molecule has 0 amide bonds. The minimum absolute atomic E-state index is 0.0466. The lowest BCUT2D eigenvalue weighted by Crippen LogP contribution is -2.55. The molecular formula is C24H29N5O2. The summed E-state index contributed by atoms with van der Waals surface area (Å²) in [5, 5.41) is 10.2. The molecule has 0 bridgehead atoms. The molecule has 3 N–H and O–H groups in total. The second kappa shape index (κ2) is 8.69. The molecule has 0 radical (unpaired) electrons. The van der Waals surface area contributed by atoms with E-state index in [4.69, 9.17) is 5.73 Å². The second-order valence-electron chi connectivity index (χ2n) is 8.80. The maximum absolute atomic E-state index is 13.1. The Morgan fingerprint density at radius 2 is 2.03 bits per heavy atom. The Bertz CT molecular complexity index is 1090. The van der Waals surface area contributed by atoms with Crippen LogP contribution < -0.4 is 10.6 Å². The maximum Gasteiger partial charge on any atom is 0.185 e.